The molecule has 0 bridgehead atoms. The third-order valence-electron chi connectivity index (χ3n) is 2.77. The summed E-state index contributed by atoms with van der Waals surface area (Å²) in [6.45, 7) is 8.18. The monoisotopic (exact) mass is 306 g/mol. The van der Waals surface area contributed by atoms with Crippen LogP contribution in [0.25, 0.3) is 0 Å². The number of nitrogens with one attached hydrogen (secondary N) is 2. The molecule has 0 fully saturated rings. The molecule has 22 heavy (non-hydrogen) atoms. The van der Waals surface area contributed by atoms with E-state index in [1.807, 2.05) is 52.0 Å². The molecule has 2 N–H and O–H groups in total. The van der Waals surface area contributed by atoms with Gasteiger partial charge in [0.05, 0.1) is 13.2 Å². The van der Waals surface area contributed by atoms with Crippen molar-refractivity contribution >= 4 is 11.8 Å². The molecular weight excluding hydrogens is 280 g/mol. The molecule has 0 aliphatic heterocycles. The maximum atomic E-state index is 11.6. The number of rotatable bonds is 7. The topological polar surface area (TPSA) is 67.4 Å². The van der Waals surface area contributed by atoms with Crippen molar-refractivity contribution < 1.29 is 14.3 Å². The summed E-state index contributed by atoms with van der Waals surface area (Å²) < 4.78 is 5.57. The zero-order valence-corrected chi connectivity index (χ0v) is 13.9. The number of carbonyl (C=O) groups is 2. The van der Waals surface area contributed by atoms with Crippen molar-refractivity contribution in [2.24, 2.45) is 0 Å². The van der Waals surface area contributed by atoms with Crippen molar-refractivity contribution in [2.45, 2.75) is 46.1 Å². The van der Waals surface area contributed by atoms with E-state index in [4.69, 9.17) is 4.74 Å². The molecule has 5 heteroatoms. The molecular formula is C17H26N2O3. The summed E-state index contributed by atoms with van der Waals surface area (Å²) in [5.74, 6) is 0.485. The lowest BCUT2D eigenvalue weighted by atomic mass is 10.1. The van der Waals surface area contributed by atoms with Crippen molar-refractivity contribution in [3.8, 4) is 5.75 Å². The Morgan fingerprint density at radius 1 is 1.18 bits per heavy atom. The first-order valence-electron chi connectivity index (χ1n) is 7.53. The second-order valence-electron chi connectivity index (χ2n) is 6.34. The van der Waals surface area contributed by atoms with E-state index in [-0.39, 0.29) is 23.9 Å². The maximum absolute atomic E-state index is 11.6. The van der Waals surface area contributed by atoms with Crippen LogP contribution in [0.2, 0.25) is 0 Å². The predicted octanol–water partition coefficient (Wildman–Crippen LogP) is 2.18. The van der Waals surface area contributed by atoms with Gasteiger partial charge >= 0.3 is 0 Å². The molecule has 0 saturated heterocycles. The van der Waals surface area contributed by atoms with Crippen molar-refractivity contribution in [2.75, 3.05) is 13.2 Å². The lowest BCUT2D eigenvalue weighted by Gasteiger charge is -2.20. The largest absolute Gasteiger partial charge is 0.494 e. The van der Waals surface area contributed by atoms with Crippen LogP contribution >= 0.6 is 0 Å². The summed E-state index contributed by atoms with van der Waals surface area (Å²) in [6, 6.07) is 7.79. The highest BCUT2D eigenvalue weighted by Crippen LogP contribution is 2.12. The minimum Gasteiger partial charge on any atom is -0.494 e. The van der Waals surface area contributed by atoms with Gasteiger partial charge in [-0.15, -0.1) is 0 Å². The Labute approximate surface area is 132 Å². The van der Waals surface area contributed by atoms with Gasteiger partial charge in [-0.25, -0.2) is 0 Å². The van der Waals surface area contributed by atoms with E-state index in [1.165, 1.54) is 0 Å². The summed E-state index contributed by atoms with van der Waals surface area (Å²) in [6.07, 6.45) is 0.954. The fourth-order valence-corrected chi connectivity index (χ4v) is 1.86. The van der Waals surface area contributed by atoms with Gasteiger partial charge in [-0.3, -0.25) is 9.59 Å². The highest BCUT2D eigenvalue weighted by Gasteiger charge is 2.13. The number of ether oxygens (including phenoxy) is 1. The van der Waals surface area contributed by atoms with Gasteiger partial charge in [0.2, 0.25) is 11.8 Å². The molecule has 1 rings (SSSR count). The molecule has 0 aliphatic carbocycles. The molecule has 0 aliphatic rings. The van der Waals surface area contributed by atoms with E-state index in [0.717, 1.165) is 11.3 Å². The average molecular weight is 306 g/mol. The Morgan fingerprint density at radius 2 is 1.91 bits per heavy atom. The quantitative estimate of drug-likeness (QED) is 0.759. The SMILES string of the molecule is Cc1cccc(OCCCC(=O)NCC(=O)NC(C)(C)C)c1. The van der Waals surface area contributed by atoms with Crippen LogP contribution in [0.3, 0.4) is 0 Å². The van der Waals surface area contributed by atoms with Crippen LogP contribution in [0.15, 0.2) is 24.3 Å². The summed E-state index contributed by atoms with van der Waals surface area (Å²) >= 11 is 0. The normalized spacial score (nSPS) is 10.9. The van der Waals surface area contributed by atoms with Gasteiger partial charge in [0.1, 0.15) is 5.75 Å². The first-order chi connectivity index (χ1) is 10.3. The minimum absolute atomic E-state index is 0.00877. The van der Waals surface area contributed by atoms with E-state index in [2.05, 4.69) is 10.6 Å². The Morgan fingerprint density at radius 3 is 2.55 bits per heavy atom. The number of hydrogen-bond donors (Lipinski definition) is 2. The number of amides is 2. The molecule has 0 atom stereocenters. The van der Waals surface area contributed by atoms with E-state index in [1.54, 1.807) is 0 Å². The van der Waals surface area contributed by atoms with E-state index in [0.29, 0.717) is 19.4 Å². The van der Waals surface area contributed by atoms with E-state index in [9.17, 15) is 9.59 Å². The molecule has 5 nitrogen and oxygen atoms in total. The van der Waals surface area contributed by atoms with Crippen LogP contribution in [0.4, 0.5) is 0 Å². The van der Waals surface area contributed by atoms with Gasteiger partial charge in [-0.05, 0) is 51.8 Å². The van der Waals surface area contributed by atoms with Crippen molar-refractivity contribution in [3.05, 3.63) is 29.8 Å². The van der Waals surface area contributed by atoms with Crippen LogP contribution in [0.5, 0.6) is 5.75 Å². The molecule has 2 amide bonds. The number of aryl methyl sites for hydroxylation is 1. The Balaban J connectivity index is 2.15. The van der Waals surface area contributed by atoms with Gasteiger partial charge in [0, 0.05) is 12.0 Å². The zero-order chi connectivity index (χ0) is 16.6. The standard InChI is InChI=1S/C17H26N2O3/c1-13-7-5-8-14(11-13)22-10-6-9-15(20)18-12-16(21)19-17(2,3)4/h5,7-8,11H,6,9-10,12H2,1-4H3,(H,18,20)(H,19,21). The summed E-state index contributed by atoms with van der Waals surface area (Å²) in [5, 5.41) is 5.40. The number of benzene rings is 1. The van der Waals surface area contributed by atoms with Crippen molar-refractivity contribution in [1.29, 1.82) is 0 Å². The molecule has 122 valence electrons. The molecule has 0 aromatic heterocycles. The molecule has 0 heterocycles. The highest BCUT2D eigenvalue weighted by atomic mass is 16.5. The Kier molecular flexibility index (Phi) is 6.89. The van der Waals surface area contributed by atoms with Gasteiger partial charge in [-0.1, -0.05) is 12.1 Å². The first kappa shape index (κ1) is 18.0. The average Bonchev–Trinajstić information content (AvgIpc) is 2.39. The molecule has 0 saturated carbocycles. The van der Waals surface area contributed by atoms with E-state index >= 15 is 0 Å². The second kappa shape index (κ2) is 8.41. The van der Waals surface area contributed by atoms with Crippen LogP contribution in [0, 0.1) is 6.92 Å². The van der Waals surface area contributed by atoms with Gasteiger partial charge in [0.15, 0.2) is 0 Å². The second-order valence-corrected chi connectivity index (χ2v) is 6.34. The maximum Gasteiger partial charge on any atom is 0.239 e. The Hall–Kier alpha value is -2.04. The van der Waals surface area contributed by atoms with Gasteiger partial charge in [0.25, 0.3) is 0 Å². The highest BCUT2D eigenvalue weighted by molar-refractivity contribution is 5.84. The molecule has 1 aromatic rings. The summed E-state index contributed by atoms with van der Waals surface area (Å²) in [7, 11) is 0. The zero-order valence-electron chi connectivity index (χ0n) is 13.9. The fraction of sp³-hybridized carbons (Fsp3) is 0.529. The van der Waals surface area contributed by atoms with Crippen LogP contribution < -0.4 is 15.4 Å². The number of carbonyl (C=O) groups excluding carboxylic acids is 2. The summed E-state index contributed by atoms with van der Waals surface area (Å²) in [5.41, 5.74) is 0.851. The predicted molar refractivity (Wildman–Crippen MR) is 86.8 cm³/mol. The lowest BCUT2D eigenvalue weighted by Crippen LogP contribution is -2.45. The van der Waals surface area contributed by atoms with Gasteiger partial charge in [-0.2, -0.15) is 0 Å². The van der Waals surface area contributed by atoms with Crippen LogP contribution in [-0.2, 0) is 9.59 Å². The van der Waals surface area contributed by atoms with Crippen molar-refractivity contribution in [1.82, 2.24) is 10.6 Å². The molecule has 0 radical (unpaired) electrons. The molecule has 1 aromatic carbocycles. The smallest absolute Gasteiger partial charge is 0.239 e. The number of hydrogen-bond acceptors (Lipinski definition) is 3. The Bertz CT molecular complexity index is 507. The summed E-state index contributed by atoms with van der Waals surface area (Å²) in [4.78, 5) is 23.2. The fourth-order valence-electron chi connectivity index (χ4n) is 1.86. The lowest BCUT2D eigenvalue weighted by molar-refractivity contribution is -0.126. The molecule has 0 spiro atoms. The third kappa shape index (κ3) is 8.29. The minimum atomic E-state index is -0.288. The van der Waals surface area contributed by atoms with Crippen LogP contribution in [-0.4, -0.2) is 30.5 Å². The third-order valence-corrected chi connectivity index (χ3v) is 2.77. The van der Waals surface area contributed by atoms with Crippen molar-refractivity contribution in [3.63, 3.8) is 0 Å². The van der Waals surface area contributed by atoms with Gasteiger partial charge < -0.3 is 15.4 Å². The first-order valence-corrected chi connectivity index (χ1v) is 7.53. The van der Waals surface area contributed by atoms with E-state index < -0.39 is 0 Å². The molecule has 0 unspecified atom stereocenters. The van der Waals surface area contributed by atoms with Crippen LogP contribution in [0.1, 0.15) is 39.2 Å².